The summed E-state index contributed by atoms with van der Waals surface area (Å²) >= 11 is 0. The van der Waals surface area contributed by atoms with Gasteiger partial charge in [0.1, 0.15) is 11.5 Å². The fourth-order valence-corrected chi connectivity index (χ4v) is 3.65. The molecule has 0 spiro atoms. The zero-order valence-electron chi connectivity index (χ0n) is 17.5. The molecule has 1 saturated heterocycles. The van der Waals surface area contributed by atoms with Crippen LogP contribution in [0, 0.1) is 0 Å². The van der Waals surface area contributed by atoms with E-state index >= 15 is 0 Å². The molecule has 1 amide bonds. The number of carbonyl (C=O) groups excluding carboxylic acids is 2. The van der Waals surface area contributed by atoms with Gasteiger partial charge in [0.2, 0.25) is 0 Å². The van der Waals surface area contributed by atoms with Crippen LogP contribution in [-0.4, -0.2) is 39.8 Å². The van der Waals surface area contributed by atoms with Crippen molar-refractivity contribution in [2.24, 2.45) is 0 Å². The molecule has 1 N–H and O–H groups in total. The number of aliphatic hydroxyl groups excluding tert-OH is 1. The third kappa shape index (κ3) is 4.53. The molecule has 0 aliphatic carbocycles. The normalized spacial score (nSPS) is 18.1. The highest BCUT2D eigenvalue weighted by Crippen LogP contribution is 2.39. The number of ether oxygens (including phenoxy) is 1. The van der Waals surface area contributed by atoms with Gasteiger partial charge in [0.05, 0.1) is 18.2 Å². The Morgan fingerprint density at radius 1 is 1.03 bits per heavy atom. The number of Topliss-reactive ketones (excluding diaryl/α,β-unsaturated/α-hetero) is 1. The third-order valence-corrected chi connectivity index (χ3v) is 5.17. The highest BCUT2D eigenvalue weighted by Gasteiger charge is 2.45. The summed E-state index contributed by atoms with van der Waals surface area (Å²) in [6.07, 6.45) is 7.04. The van der Waals surface area contributed by atoms with E-state index in [1.54, 1.807) is 12.1 Å². The number of likely N-dealkylation sites (tertiary alicyclic amines) is 1. The number of carbonyl (C=O) groups is 2. The van der Waals surface area contributed by atoms with Gasteiger partial charge in [-0.15, -0.1) is 0 Å². The van der Waals surface area contributed by atoms with E-state index in [0.29, 0.717) is 25.1 Å². The van der Waals surface area contributed by atoms with Gasteiger partial charge in [-0.05, 0) is 42.7 Å². The van der Waals surface area contributed by atoms with E-state index in [4.69, 9.17) is 4.74 Å². The second-order valence-corrected chi connectivity index (χ2v) is 7.35. The van der Waals surface area contributed by atoms with Crippen molar-refractivity contribution in [2.45, 2.75) is 45.6 Å². The van der Waals surface area contributed by atoms with Crippen molar-refractivity contribution >= 4 is 17.4 Å². The van der Waals surface area contributed by atoms with E-state index in [9.17, 15) is 14.7 Å². The van der Waals surface area contributed by atoms with E-state index in [1.165, 1.54) is 17.3 Å². The molecular weight excluding hydrogens is 380 g/mol. The Kier molecular flexibility index (Phi) is 7.22. The molecule has 30 heavy (non-hydrogen) atoms. The summed E-state index contributed by atoms with van der Waals surface area (Å²) in [6, 6.07) is 10.0. The van der Waals surface area contributed by atoms with Gasteiger partial charge in [-0.1, -0.05) is 38.8 Å². The molecule has 1 unspecified atom stereocenters. The van der Waals surface area contributed by atoms with Crippen molar-refractivity contribution in [1.29, 1.82) is 0 Å². The number of unbranched alkanes of at least 4 members (excludes halogenated alkanes) is 2. The number of aromatic nitrogens is 1. The van der Waals surface area contributed by atoms with Crippen LogP contribution in [0.15, 0.2) is 54.4 Å². The van der Waals surface area contributed by atoms with Gasteiger partial charge in [0, 0.05) is 24.5 Å². The van der Waals surface area contributed by atoms with Crippen LogP contribution >= 0.6 is 0 Å². The number of nitrogens with zero attached hydrogens (tertiary/aromatic N) is 2. The molecular formula is C24H28N2O4. The van der Waals surface area contributed by atoms with Gasteiger partial charge in [-0.3, -0.25) is 14.6 Å². The first-order chi connectivity index (χ1) is 14.6. The van der Waals surface area contributed by atoms with E-state index < -0.39 is 17.7 Å². The molecule has 1 aliphatic heterocycles. The summed E-state index contributed by atoms with van der Waals surface area (Å²) in [6.45, 7) is 5.18. The summed E-state index contributed by atoms with van der Waals surface area (Å²) in [5.74, 6) is -0.685. The van der Waals surface area contributed by atoms with Crippen LogP contribution in [-0.2, 0) is 9.59 Å². The van der Waals surface area contributed by atoms with Crippen LogP contribution < -0.4 is 4.74 Å². The molecule has 1 fully saturated rings. The summed E-state index contributed by atoms with van der Waals surface area (Å²) in [5.41, 5.74) is 1.33. The molecule has 1 aromatic carbocycles. The minimum Gasteiger partial charge on any atom is -0.507 e. The minimum atomic E-state index is -0.664. The van der Waals surface area contributed by atoms with E-state index in [2.05, 4.69) is 11.9 Å². The zero-order valence-corrected chi connectivity index (χ0v) is 17.5. The molecule has 0 radical (unpaired) electrons. The molecule has 1 aromatic heterocycles. The Balaban J connectivity index is 1.95. The largest absolute Gasteiger partial charge is 0.507 e. The number of benzene rings is 1. The Morgan fingerprint density at radius 2 is 1.73 bits per heavy atom. The second kappa shape index (κ2) is 10.1. The third-order valence-electron chi connectivity index (χ3n) is 5.17. The Labute approximate surface area is 177 Å². The lowest BCUT2D eigenvalue weighted by atomic mass is 9.95. The fourth-order valence-electron chi connectivity index (χ4n) is 3.65. The van der Waals surface area contributed by atoms with Crippen LogP contribution in [0.1, 0.15) is 56.7 Å². The first-order valence-corrected chi connectivity index (χ1v) is 10.5. The average Bonchev–Trinajstić information content (AvgIpc) is 3.02. The molecule has 6 heteroatoms. The topological polar surface area (TPSA) is 79.7 Å². The molecule has 0 bridgehead atoms. The second-order valence-electron chi connectivity index (χ2n) is 7.35. The lowest BCUT2D eigenvalue weighted by molar-refractivity contribution is -0.139. The zero-order chi connectivity index (χ0) is 21.5. The van der Waals surface area contributed by atoms with Crippen LogP contribution in [0.4, 0.5) is 0 Å². The summed E-state index contributed by atoms with van der Waals surface area (Å²) < 4.78 is 5.77. The number of amides is 1. The maximum absolute atomic E-state index is 12.8. The number of ketones is 1. The fraction of sp³-hybridized carbons (Fsp3) is 0.375. The predicted octanol–water partition coefficient (Wildman–Crippen LogP) is 4.48. The maximum atomic E-state index is 12.8. The lowest BCUT2D eigenvalue weighted by Gasteiger charge is -2.25. The molecule has 3 rings (SSSR count). The average molecular weight is 408 g/mol. The standard InChI is InChI=1S/C24H28N2O4/c1-3-5-6-16-30-19-9-7-17(8-10-19)21-20(22(27)18-11-13-25-14-12-18)23(28)24(29)26(21)15-4-2/h7-14,21,27H,3-6,15-16H2,1-2H3/b22-20-. The highest BCUT2D eigenvalue weighted by molar-refractivity contribution is 6.46. The molecule has 1 aliphatic rings. The van der Waals surface area contributed by atoms with Gasteiger partial charge >= 0.3 is 0 Å². The van der Waals surface area contributed by atoms with E-state index in [-0.39, 0.29) is 11.3 Å². The molecule has 2 heterocycles. The van der Waals surface area contributed by atoms with Gasteiger partial charge < -0.3 is 14.7 Å². The highest BCUT2D eigenvalue weighted by atomic mass is 16.5. The predicted molar refractivity (Wildman–Crippen MR) is 115 cm³/mol. The number of aliphatic hydroxyl groups is 1. The Hall–Kier alpha value is -3.15. The van der Waals surface area contributed by atoms with Crippen molar-refractivity contribution < 1.29 is 19.4 Å². The van der Waals surface area contributed by atoms with Gasteiger partial charge in [0.25, 0.3) is 11.7 Å². The van der Waals surface area contributed by atoms with Crippen molar-refractivity contribution in [3.05, 3.63) is 65.5 Å². The van der Waals surface area contributed by atoms with Crippen LogP contribution in [0.5, 0.6) is 5.75 Å². The number of pyridine rings is 1. The summed E-state index contributed by atoms with van der Waals surface area (Å²) in [5, 5.41) is 10.9. The first kappa shape index (κ1) is 21.6. The van der Waals surface area contributed by atoms with Crippen molar-refractivity contribution in [3.63, 3.8) is 0 Å². The van der Waals surface area contributed by atoms with E-state index in [1.807, 2.05) is 31.2 Å². The van der Waals surface area contributed by atoms with E-state index in [0.717, 1.165) is 30.6 Å². The van der Waals surface area contributed by atoms with Crippen LogP contribution in [0.2, 0.25) is 0 Å². The number of hydrogen-bond acceptors (Lipinski definition) is 5. The van der Waals surface area contributed by atoms with Gasteiger partial charge in [0.15, 0.2) is 0 Å². The van der Waals surface area contributed by atoms with Crippen LogP contribution in [0.25, 0.3) is 5.76 Å². The molecule has 0 saturated carbocycles. The molecule has 2 aromatic rings. The van der Waals surface area contributed by atoms with Crippen molar-refractivity contribution in [3.8, 4) is 5.75 Å². The SMILES string of the molecule is CCCCCOc1ccc(C2/C(=C(/O)c3ccncc3)C(=O)C(=O)N2CCC)cc1. The summed E-state index contributed by atoms with van der Waals surface area (Å²) in [7, 11) is 0. The van der Waals surface area contributed by atoms with Crippen molar-refractivity contribution in [1.82, 2.24) is 9.88 Å². The van der Waals surface area contributed by atoms with Gasteiger partial charge in [-0.25, -0.2) is 0 Å². The quantitative estimate of drug-likeness (QED) is 0.286. The Bertz CT molecular complexity index is 907. The van der Waals surface area contributed by atoms with Gasteiger partial charge in [-0.2, -0.15) is 0 Å². The summed E-state index contributed by atoms with van der Waals surface area (Å²) in [4.78, 5) is 31.0. The minimum absolute atomic E-state index is 0.108. The smallest absolute Gasteiger partial charge is 0.295 e. The molecule has 1 atom stereocenters. The number of hydrogen-bond donors (Lipinski definition) is 1. The lowest BCUT2D eigenvalue weighted by Crippen LogP contribution is -2.30. The first-order valence-electron chi connectivity index (χ1n) is 10.5. The number of rotatable bonds is 9. The maximum Gasteiger partial charge on any atom is 0.295 e. The van der Waals surface area contributed by atoms with Crippen LogP contribution in [0.3, 0.4) is 0 Å². The molecule has 6 nitrogen and oxygen atoms in total. The van der Waals surface area contributed by atoms with Crippen molar-refractivity contribution in [2.75, 3.05) is 13.2 Å². The Morgan fingerprint density at radius 3 is 2.37 bits per heavy atom. The monoisotopic (exact) mass is 408 g/mol. The molecule has 158 valence electrons.